The zero-order valence-electron chi connectivity index (χ0n) is 6.05. The summed E-state index contributed by atoms with van der Waals surface area (Å²) in [7, 11) is 0. The summed E-state index contributed by atoms with van der Waals surface area (Å²) in [4.78, 5) is 10.6. The number of hydrogen-bond donors (Lipinski definition) is 1. The van der Waals surface area contributed by atoms with Crippen molar-refractivity contribution in [1.82, 2.24) is 0 Å². The normalized spacial score (nSPS) is 26.7. The van der Waals surface area contributed by atoms with Crippen molar-refractivity contribution in [3.63, 3.8) is 0 Å². The third kappa shape index (κ3) is 1.04. The monoisotopic (exact) mass is 142 g/mol. The average molecular weight is 142 g/mol. The summed E-state index contributed by atoms with van der Waals surface area (Å²) >= 11 is 0. The van der Waals surface area contributed by atoms with Crippen LogP contribution in [0.4, 0.5) is 0 Å². The number of aliphatic hydroxyl groups is 1. The lowest BCUT2D eigenvalue weighted by Gasteiger charge is -2.19. The molecular weight excluding hydrogens is 132 g/mol. The highest BCUT2D eigenvalue weighted by Crippen LogP contribution is 2.15. The Bertz CT molecular complexity index is 193. The van der Waals surface area contributed by atoms with E-state index in [-0.39, 0.29) is 0 Å². The van der Waals surface area contributed by atoms with Gasteiger partial charge in [-0.3, -0.25) is 0 Å². The van der Waals surface area contributed by atoms with Gasteiger partial charge in [0, 0.05) is 0 Å². The molecule has 1 N–H and O–H groups in total. The molecular formula is C7H10O3. The van der Waals surface area contributed by atoms with Crippen molar-refractivity contribution < 1.29 is 14.6 Å². The molecule has 1 aliphatic heterocycles. The van der Waals surface area contributed by atoms with Crippen LogP contribution in [0, 0.1) is 0 Å². The van der Waals surface area contributed by atoms with E-state index in [1.54, 1.807) is 6.92 Å². The SMILES string of the molecule is CC1=C(C)C(O)C(=O)OC1. The summed E-state index contributed by atoms with van der Waals surface area (Å²) in [5.41, 5.74) is 1.66. The first-order valence-electron chi connectivity index (χ1n) is 3.14. The summed E-state index contributed by atoms with van der Waals surface area (Å²) in [6.07, 6.45) is -1.03. The molecule has 10 heavy (non-hydrogen) atoms. The second kappa shape index (κ2) is 2.42. The molecule has 0 radical (unpaired) electrons. The lowest BCUT2D eigenvalue weighted by molar-refractivity contribution is -0.152. The van der Waals surface area contributed by atoms with Crippen molar-refractivity contribution in [2.45, 2.75) is 20.0 Å². The molecule has 56 valence electrons. The number of carbonyl (C=O) groups excluding carboxylic acids is 1. The second-order valence-electron chi connectivity index (χ2n) is 2.47. The third-order valence-electron chi connectivity index (χ3n) is 1.74. The fraction of sp³-hybridized carbons (Fsp3) is 0.571. The van der Waals surface area contributed by atoms with Crippen LogP contribution >= 0.6 is 0 Å². The number of carbonyl (C=O) groups is 1. The maximum atomic E-state index is 10.6. The van der Waals surface area contributed by atoms with Gasteiger partial charge in [-0.2, -0.15) is 0 Å². The van der Waals surface area contributed by atoms with Crippen LogP contribution in [0.15, 0.2) is 11.1 Å². The molecule has 0 aromatic heterocycles. The molecule has 0 aromatic carbocycles. The minimum atomic E-state index is -1.03. The van der Waals surface area contributed by atoms with Gasteiger partial charge in [0.2, 0.25) is 0 Å². The molecule has 0 aliphatic carbocycles. The number of cyclic esters (lactones) is 1. The van der Waals surface area contributed by atoms with E-state index in [0.29, 0.717) is 6.61 Å². The second-order valence-corrected chi connectivity index (χ2v) is 2.47. The Labute approximate surface area is 59.3 Å². The molecule has 0 saturated heterocycles. The van der Waals surface area contributed by atoms with Crippen LogP contribution < -0.4 is 0 Å². The number of rotatable bonds is 0. The predicted molar refractivity (Wildman–Crippen MR) is 35.3 cm³/mol. The van der Waals surface area contributed by atoms with Gasteiger partial charge >= 0.3 is 5.97 Å². The van der Waals surface area contributed by atoms with Gasteiger partial charge in [-0.15, -0.1) is 0 Å². The Morgan fingerprint density at radius 1 is 1.60 bits per heavy atom. The van der Waals surface area contributed by atoms with Crippen molar-refractivity contribution in [2.24, 2.45) is 0 Å². The first-order valence-corrected chi connectivity index (χ1v) is 3.14. The van der Waals surface area contributed by atoms with E-state index in [1.165, 1.54) is 0 Å². The van der Waals surface area contributed by atoms with E-state index >= 15 is 0 Å². The van der Waals surface area contributed by atoms with Crippen molar-refractivity contribution in [3.05, 3.63) is 11.1 Å². The van der Waals surface area contributed by atoms with Crippen LogP contribution in [-0.4, -0.2) is 23.8 Å². The van der Waals surface area contributed by atoms with Crippen LogP contribution in [0.5, 0.6) is 0 Å². The molecule has 3 heteroatoms. The van der Waals surface area contributed by atoms with E-state index < -0.39 is 12.1 Å². The van der Waals surface area contributed by atoms with Gasteiger partial charge < -0.3 is 9.84 Å². The Morgan fingerprint density at radius 2 is 2.20 bits per heavy atom. The highest BCUT2D eigenvalue weighted by atomic mass is 16.5. The Hall–Kier alpha value is -0.830. The maximum absolute atomic E-state index is 10.6. The lowest BCUT2D eigenvalue weighted by atomic mass is 10.0. The van der Waals surface area contributed by atoms with Gasteiger partial charge in [0.15, 0.2) is 6.10 Å². The molecule has 0 amide bonds. The van der Waals surface area contributed by atoms with Gasteiger partial charge in [-0.25, -0.2) is 4.79 Å². The average Bonchev–Trinajstić information content (AvgIpc) is 1.93. The fourth-order valence-corrected chi connectivity index (χ4v) is 0.782. The minimum Gasteiger partial charge on any atom is -0.459 e. The fourth-order valence-electron chi connectivity index (χ4n) is 0.782. The van der Waals surface area contributed by atoms with Crippen molar-refractivity contribution in [2.75, 3.05) is 6.61 Å². The number of esters is 1. The van der Waals surface area contributed by atoms with Gasteiger partial charge in [-0.05, 0) is 25.0 Å². The molecule has 3 nitrogen and oxygen atoms in total. The van der Waals surface area contributed by atoms with E-state index in [2.05, 4.69) is 4.74 Å². The minimum absolute atomic E-state index is 0.321. The quantitative estimate of drug-likeness (QED) is 0.389. The molecule has 1 atom stereocenters. The van der Waals surface area contributed by atoms with Crippen molar-refractivity contribution in [1.29, 1.82) is 0 Å². The summed E-state index contributed by atoms with van der Waals surface area (Å²) < 4.78 is 4.63. The van der Waals surface area contributed by atoms with Crippen LogP contribution in [0.3, 0.4) is 0 Å². The van der Waals surface area contributed by atoms with Gasteiger partial charge in [-0.1, -0.05) is 0 Å². The van der Waals surface area contributed by atoms with Gasteiger partial charge in [0.05, 0.1) is 0 Å². The largest absolute Gasteiger partial charge is 0.459 e. The van der Waals surface area contributed by atoms with Crippen LogP contribution in [-0.2, 0) is 9.53 Å². The van der Waals surface area contributed by atoms with Crippen LogP contribution in [0.1, 0.15) is 13.8 Å². The predicted octanol–water partition coefficient (Wildman–Crippen LogP) is 0.240. The topological polar surface area (TPSA) is 46.5 Å². The molecule has 1 unspecified atom stereocenters. The third-order valence-corrected chi connectivity index (χ3v) is 1.74. The first-order chi connectivity index (χ1) is 4.63. The molecule has 0 spiro atoms. The first kappa shape index (κ1) is 7.28. The highest BCUT2D eigenvalue weighted by Gasteiger charge is 2.24. The summed E-state index contributed by atoms with van der Waals surface area (Å²) in [6.45, 7) is 3.90. The Balaban J connectivity index is 2.88. The maximum Gasteiger partial charge on any atom is 0.339 e. The van der Waals surface area contributed by atoms with E-state index in [1.807, 2.05) is 6.92 Å². The van der Waals surface area contributed by atoms with E-state index in [0.717, 1.165) is 11.1 Å². The Kier molecular flexibility index (Phi) is 1.76. The van der Waals surface area contributed by atoms with Crippen molar-refractivity contribution >= 4 is 5.97 Å². The van der Waals surface area contributed by atoms with Gasteiger partial charge in [0.1, 0.15) is 6.61 Å². The van der Waals surface area contributed by atoms with Gasteiger partial charge in [0.25, 0.3) is 0 Å². The number of hydrogen-bond acceptors (Lipinski definition) is 3. The molecule has 0 saturated carbocycles. The molecule has 0 aromatic rings. The highest BCUT2D eigenvalue weighted by molar-refractivity contribution is 5.79. The molecule has 0 fully saturated rings. The molecule has 0 bridgehead atoms. The zero-order chi connectivity index (χ0) is 7.72. The molecule has 1 rings (SSSR count). The van der Waals surface area contributed by atoms with Crippen LogP contribution in [0.2, 0.25) is 0 Å². The summed E-state index contributed by atoms with van der Waals surface area (Å²) in [6, 6.07) is 0. The number of aliphatic hydroxyl groups excluding tert-OH is 1. The summed E-state index contributed by atoms with van der Waals surface area (Å²) in [5, 5.41) is 9.08. The molecule has 1 heterocycles. The van der Waals surface area contributed by atoms with E-state index in [9.17, 15) is 4.79 Å². The lowest BCUT2D eigenvalue weighted by Crippen LogP contribution is -2.30. The van der Waals surface area contributed by atoms with Crippen LogP contribution in [0.25, 0.3) is 0 Å². The molecule has 1 aliphatic rings. The smallest absolute Gasteiger partial charge is 0.339 e. The standard InChI is InChI=1S/C7H10O3/c1-4-3-10-7(9)6(8)5(4)2/h6,8H,3H2,1-2H3. The summed E-state index contributed by atoms with van der Waals surface area (Å²) in [5.74, 6) is -0.539. The Morgan fingerprint density at radius 3 is 2.70 bits per heavy atom. The van der Waals surface area contributed by atoms with E-state index in [4.69, 9.17) is 5.11 Å². The number of ether oxygens (including phenoxy) is 1. The zero-order valence-corrected chi connectivity index (χ0v) is 6.05. The van der Waals surface area contributed by atoms with Crippen molar-refractivity contribution in [3.8, 4) is 0 Å².